The van der Waals surface area contributed by atoms with E-state index in [2.05, 4.69) is 35.5 Å². The maximum Gasteiger partial charge on any atom is 0.0562 e. The van der Waals surface area contributed by atoms with E-state index in [1.165, 1.54) is 12.8 Å². The summed E-state index contributed by atoms with van der Waals surface area (Å²) in [5.74, 6) is 0. The van der Waals surface area contributed by atoms with Crippen LogP contribution in [0, 0.1) is 0 Å². The van der Waals surface area contributed by atoms with Gasteiger partial charge in [0.1, 0.15) is 0 Å². The van der Waals surface area contributed by atoms with Gasteiger partial charge in [-0.3, -0.25) is 4.98 Å². The van der Waals surface area contributed by atoms with Crippen LogP contribution in [0.3, 0.4) is 0 Å². The third-order valence-corrected chi connectivity index (χ3v) is 2.42. The third kappa shape index (κ3) is 3.51. The monoisotopic (exact) mass is 205 g/mol. The van der Waals surface area contributed by atoms with Gasteiger partial charge in [0.25, 0.3) is 0 Å². The Morgan fingerprint density at radius 3 is 2.93 bits per heavy atom. The topological polar surface area (TPSA) is 37.0 Å². The van der Waals surface area contributed by atoms with Crippen molar-refractivity contribution in [2.45, 2.75) is 45.3 Å². The fourth-order valence-corrected chi connectivity index (χ4v) is 1.53. The molecule has 0 spiro atoms. The molecule has 0 aliphatic heterocycles. The van der Waals surface area contributed by atoms with Crippen molar-refractivity contribution in [3.05, 3.63) is 24.0 Å². The maximum absolute atomic E-state index is 4.34. The first-order chi connectivity index (χ1) is 7.24. The molecule has 0 bridgehead atoms. The number of aromatic nitrogens is 1. The van der Waals surface area contributed by atoms with E-state index in [1.54, 1.807) is 0 Å². The zero-order valence-electron chi connectivity index (χ0n) is 9.46. The van der Waals surface area contributed by atoms with E-state index in [-0.39, 0.29) is 0 Å². The Labute approximate surface area is 91.3 Å². The molecule has 1 aliphatic rings. The first-order valence-electron chi connectivity index (χ1n) is 5.69. The lowest BCUT2D eigenvalue weighted by molar-refractivity contribution is 0.674. The molecule has 1 aliphatic carbocycles. The van der Waals surface area contributed by atoms with Crippen LogP contribution in [0.15, 0.2) is 18.3 Å². The summed E-state index contributed by atoms with van der Waals surface area (Å²) < 4.78 is 0. The SMILES string of the molecule is CC(C)Nc1ccnc(CNC2CC2)c1. The molecule has 1 fully saturated rings. The van der Waals surface area contributed by atoms with Gasteiger partial charge in [-0.25, -0.2) is 0 Å². The molecule has 0 aromatic carbocycles. The lowest BCUT2D eigenvalue weighted by Gasteiger charge is -2.10. The first-order valence-corrected chi connectivity index (χ1v) is 5.69. The average molecular weight is 205 g/mol. The van der Waals surface area contributed by atoms with Crippen molar-refractivity contribution in [2.75, 3.05) is 5.32 Å². The van der Waals surface area contributed by atoms with Crippen LogP contribution in [-0.4, -0.2) is 17.1 Å². The molecule has 15 heavy (non-hydrogen) atoms. The Balaban J connectivity index is 1.91. The van der Waals surface area contributed by atoms with Crippen LogP contribution in [0.5, 0.6) is 0 Å². The number of nitrogens with one attached hydrogen (secondary N) is 2. The summed E-state index contributed by atoms with van der Waals surface area (Å²) in [4.78, 5) is 4.34. The predicted octanol–water partition coefficient (Wildman–Crippen LogP) is 2.15. The number of pyridine rings is 1. The highest BCUT2D eigenvalue weighted by Gasteiger charge is 2.20. The molecule has 0 atom stereocenters. The van der Waals surface area contributed by atoms with Gasteiger partial charge in [0.05, 0.1) is 5.69 Å². The van der Waals surface area contributed by atoms with Crippen molar-refractivity contribution >= 4 is 5.69 Å². The number of hydrogen-bond acceptors (Lipinski definition) is 3. The Hall–Kier alpha value is -1.09. The Kier molecular flexibility index (Phi) is 3.21. The van der Waals surface area contributed by atoms with Crippen molar-refractivity contribution in [1.82, 2.24) is 10.3 Å². The van der Waals surface area contributed by atoms with Gasteiger partial charge in [0.2, 0.25) is 0 Å². The van der Waals surface area contributed by atoms with Gasteiger partial charge < -0.3 is 10.6 Å². The van der Waals surface area contributed by atoms with Gasteiger partial charge >= 0.3 is 0 Å². The average Bonchev–Trinajstić information content (AvgIpc) is 2.97. The molecule has 2 N–H and O–H groups in total. The minimum atomic E-state index is 0.469. The van der Waals surface area contributed by atoms with Crippen LogP contribution < -0.4 is 10.6 Å². The van der Waals surface area contributed by atoms with Crippen LogP contribution in [0.2, 0.25) is 0 Å². The number of nitrogens with zero attached hydrogens (tertiary/aromatic N) is 1. The standard InChI is InChI=1S/C12H19N3/c1-9(2)15-11-5-6-13-12(7-11)8-14-10-3-4-10/h5-7,9-10,14H,3-4,8H2,1-2H3,(H,13,15). The van der Waals surface area contributed by atoms with Crippen LogP contribution >= 0.6 is 0 Å². The van der Waals surface area contributed by atoms with Gasteiger partial charge in [0, 0.05) is 30.5 Å². The molecule has 0 unspecified atom stereocenters. The predicted molar refractivity (Wildman–Crippen MR) is 62.9 cm³/mol. The minimum absolute atomic E-state index is 0.469. The van der Waals surface area contributed by atoms with E-state index in [9.17, 15) is 0 Å². The second-order valence-electron chi connectivity index (χ2n) is 4.49. The van der Waals surface area contributed by atoms with E-state index in [0.717, 1.165) is 24.0 Å². The Morgan fingerprint density at radius 1 is 1.47 bits per heavy atom. The molecule has 1 aromatic rings. The minimum Gasteiger partial charge on any atom is -0.383 e. The van der Waals surface area contributed by atoms with E-state index in [4.69, 9.17) is 0 Å². The summed E-state index contributed by atoms with van der Waals surface area (Å²) in [5, 5.41) is 6.84. The zero-order chi connectivity index (χ0) is 10.7. The van der Waals surface area contributed by atoms with Gasteiger partial charge in [-0.05, 0) is 38.8 Å². The number of anilines is 1. The molecule has 0 amide bonds. The van der Waals surface area contributed by atoms with Crippen LogP contribution in [-0.2, 0) is 6.54 Å². The second kappa shape index (κ2) is 4.62. The molecule has 1 aromatic heterocycles. The summed E-state index contributed by atoms with van der Waals surface area (Å²) in [5.41, 5.74) is 2.28. The lowest BCUT2D eigenvalue weighted by atomic mass is 10.3. The Morgan fingerprint density at radius 2 is 2.27 bits per heavy atom. The fraction of sp³-hybridized carbons (Fsp3) is 0.583. The maximum atomic E-state index is 4.34. The largest absolute Gasteiger partial charge is 0.383 e. The molecule has 1 heterocycles. The highest BCUT2D eigenvalue weighted by atomic mass is 15.0. The molecule has 3 nitrogen and oxygen atoms in total. The lowest BCUT2D eigenvalue weighted by Crippen LogP contribution is -2.16. The van der Waals surface area contributed by atoms with Crippen LogP contribution in [0.4, 0.5) is 5.69 Å². The van der Waals surface area contributed by atoms with Gasteiger partial charge in [-0.2, -0.15) is 0 Å². The molecule has 0 saturated heterocycles. The Bertz CT molecular complexity index is 318. The molecule has 1 saturated carbocycles. The number of hydrogen-bond donors (Lipinski definition) is 2. The summed E-state index contributed by atoms with van der Waals surface area (Å²) in [6.07, 6.45) is 4.52. The highest BCUT2D eigenvalue weighted by Crippen LogP contribution is 2.19. The van der Waals surface area contributed by atoms with E-state index >= 15 is 0 Å². The molecular weight excluding hydrogens is 186 g/mol. The van der Waals surface area contributed by atoms with Crippen LogP contribution in [0.1, 0.15) is 32.4 Å². The van der Waals surface area contributed by atoms with Gasteiger partial charge in [-0.15, -0.1) is 0 Å². The van der Waals surface area contributed by atoms with Crippen molar-refractivity contribution in [3.63, 3.8) is 0 Å². The molecule has 82 valence electrons. The molecule has 3 heteroatoms. The molecule has 0 radical (unpaired) electrons. The summed E-state index contributed by atoms with van der Waals surface area (Å²) in [6, 6.07) is 5.35. The van der Waals surface area contributed by atoms with Crippen molar-refractivity contribution < 1.29 is 0 Å². The van der Waals surface area contributed by atoms with Crippen molar-refractivity contribution in [3.8, 4) is 0 Å². The third-order valence-electron chi connectivity index (χ3n) is 2.42. The summed E-state index contributed by atoms with van der Waals surface area (Å²) in [7, 11) is 0. The smallest absolute Gasteiger partial charge is 0.0562 e. The second-order valence-corrected chi connectivity index (χ2v) is 4.49. The van der Waals surface area contributed by atoms with Gasteiger partial charge in [-0.1, -0.05) is 0 Å². The van der Waals surface area contributed by atoms with Gasteiger partial charge in [0.15, 0.2) is 0 Å². The van der Waals surface area contributed by atoms with E-state index in [1.807, 2.05) is 12.3 Å². The molecule has 2 rings (SSSR count). The quantitative estimate of drug-likeness (QED) is 0.773. The molecular formula is C12H19N3. The number of rotatable bonds is 5. The van der Waals surface area contributed by atoms with Crippen LogP contribution in [0.25, 0.3) is 0 Å². The highest BCUT2D eigenvalue weighted by molar-refractivity contribution is 5.43. The summed E-state index contributed by atoms with van der Waals surface area (Å²) >= 11 is 0. The van der Waals surface area contributed by atoms with E-state index in [0.29, 0.717) is 6.04 Å². The first kappa shape index (κ1) is 10.4. The van der Waals surface area contributed by atoms with Crippen molar-refractivity contribution in [2.24, 2.45) is 0 Å². The van der Waals surface area contributed by atoms with E-state index < -0.39 is 0 Å². The van der Waals surface area contributed by atoms with Crippen molar-refractivity contribution in [1.29, 1.82) is 0 Å². The summed E-state index contributed by atoms with van der Waals surface area (Å²) in [6.45, 7) is 5.17. The zero-order valence-corrected chi connectivity index (χ0v) is 9.46. The normalized spacial score (nSPS) is 15.7. The fourth-order valence-electron chi connectivity index (χ4n) is 1.53.